The predicted octanol–water partition coefficient (Wildman–Crippen LogP) is 4.78. The molecule has 0 radical (unpaired) electrons. The molecule has 3 aromatic carbocycles. The van der Waals surface area contributed by atoms with Gasteiger partial charge in [0, 0.05) is 16.7 Å². The highest BCUT2D eigenvalue weighted by molar-refractivity contribution is 6.13. The van der Waals surface area contributed by atoms with E-state index in [0.717, 1.165) is 32.8 Å². The first-order valence-electron chi connectivity index (χ1n) is 9.23. The summed E-state index contributed by atoms with van der Waals surface area (Å²) in [5.74, 6) is -0.340. The molecule has 4 rings (SSSR count). The smallest absolute Gasteiger partial charge is 0.281 e. The van der Waals surface area contributed by atoms with E-state index in [1.807, 2.05) is 24.3 Å². The van der Waals surface area contributed by atoms with E-state index in [4.69, 9.17) is 0 Å². The molecule has 0 aliphatic carbocycles. The first-order valence-corrected chi connectivity index (χ1v) is 9.23. The van der Waals surface area contributed by atoms with E-state index in [9.17, 15) is 4.79 Å². The van der Waals surface area contributed by atoms with E-state index in [1.54, 1.807) is 12.3 Å². The second kappa shape index (κ2) is 6.93. The fourth-order valence-electron chi connectivity index (χ4n) is 3.22. The SMILES string of the molecule is CC(C)(C)c1cc(C(=O)NN=Cc2c3ccccc3cc3ccccc23)n[nH]1. The van der Waals surface area contributed by atoms with Crippen LogP contribution in [-0.2, 0) is 5.41 Å². The molecule has 5 heteroatoms. The summed E-state index contributed by atoms with van der Waals surface area (Å²) in [5, 5.41) is 15.7. The second-order valence-corrected chi connectivity index (χ2v) is 7.85. The molecule has 0 unspecified atom stereocenters. The zero-order valence-electron chi connectivity index (χ0n) is 16.2. The molecule has 28 heavy (non-hydrogen) atoms. The molecule has 1 aromatic heterocycles. The highest BCUT2D eigenvalue weighted by atomic mass is 16.2. The average Bonchev–Trinajstić information content (AvgIpc) is 3.18. The maximum Gasteiger partial charge on any atom is 0.291 e. The maximum atomic E-state index is 12.4. The van der Waals surface area contributed by atoms with Gasteiger partial charge in [-0.15, -0.1) is 0 Å². The highest BCUT2D eigenvalue weighted by Crippen LogP contribution is 2.27. The summed E-state index contributed by atoms with van der Waals surface area (Å²) in [4.78, 5) is 12.4. The van der Waals surface area contributed by atoms with Crippen molar-refractivity contribution in [2.24, 2.45) is 5.10 Å². The van der Waals surface area contributed by atoms with Crippen LogP contribution in [0.25, 0.3) is 21.5 Å². The molecular formula is C23H22N4O. The standard InChI is InChI=1S/C23H22N4O/c1-23(2,3)21-13-20(25-26-21)22(28)27-24-14-19-17-10-6-4-8-15(17)12-16-9-5-7-11-18(16)19/h4-14H,1-3H3,(H,25,26)(H,27,28). The van der Waals surface area contributed by atoms with E-state index in [1.165, 1.54) is 0 Å². The van der Waals surface area contributed by atoms with E-state index in [2.05, 4.69) is 71.8 Å². The van der Waals surface area contributed by atoms with Crippen LogP contribution in [0.1, 0.15) is 42.5 Å². The van der Waals surface area contributed by atoms with Gasteiger partial charge in [0.2, 0.25) is 0 Å². The lowest BCUT2D eigenvalue weighted by Gasteiger charge is -2.14. The van der Waals surface area contributed by atoms with Crippen molar-refractivity contribution in [3.63, 3.8) is 0 Å². The highest BCUT2D eigenvalue weighted by Gasteiger charge is 2.19. The predicted molar refractivity (Wildman–Crippen MR) is 114 cm³/mol. The summed E-state index contributed by atoms with van der Waals surface area (Å²) in [5.41, 5.74) is 4.70. The third-order valence-corrected chi connectivity index (χ3v) is 4.79. The Bertz CT molecular complexity index is 1140. The lowest BCUT2D eigenvalue weighted by molar-refractivity contribution is 0.0950. The van der Waals surface area contributed by atoms with Crippen LogP contribution in [0, 0.1) is 0 Å². The summed E-state index contributed by atoms with van der Waals surface area (Å²) >= 11 is 0. The minimum atomic E-state index is -0.340. The minimum Gasteiger partial charge on any atom is -0.281 e. The normalized spacial score (nSPS) is 12.1. The van der Waals surface area contributed by atoms with Crippen molar-refractivity contribution in [3.05, 3.63) is 77.6 Å². The number of nitrogens with one attached hydrogen (secondary N) is 2. The van der Waals surface area contributed by atoms with Crippen LogP contribution in [0.5, 0.6) is 0 Å². The van der Waals surface area contributed by atoms with Gasteiger partial charge in [-0.1, -0.05) is 69.3 Å². The number of aromatic amines is 1. The Morgan fingerprint density at radius 3 is 2.18 bits per heavy atom. The number of benzene rings is 3. The third-order valence-electron chi connectivity index (χ3n) is 4.79. The molecule has 1 heterocycles. The van der Waals surface area contributed by atoms with Crippen molar-refractivity contribution in [2.75, 3.05) is 0 Å². The molecule has 2 N–H and O–H groups in total. The van der Waals surface area contributed by atoms with E-state index >= 15 is 0 Å². The third kappa shape index (κ3) is 3.39. The quantitative estimate of drug-likeness (QED) is 0.310. The number of carbonyl (C=O) groups excluding carboxylic acids is 1. The molecule has 0 aliphatic heterocycles. The van der Waals surface area contributed by atoms with Gasteiger partial charge in [-0.05, 0) is 33.7 Å². The fourth-order valence-corrected chi connectivity index (χ4v) is 3.22. The van der Waals surface area contributed by atoms with Crippen molar-refractivity contribution in [1.29, 1.82) is 0 Å². The van der Waals surface area contributed by atoms with Crippen LogP contribution in [0.15, 0.2) is 65.8 Å². The van der Waals surface area contributed by atoms with Gasteiger partial charge in [-0.3, -0.25) is 9.89 Å². The molecule has 0 atom stereocenters. The number of aromatic nitrogens is 2. The molecule has 0 aliphatic rings. The van der Waals surface area contributed by atoms with Gasteiger partial charge in [0.1, 0.15) is 0 Å². The van der Waals surface area contributed by atoms with Crippen LogP contribution in [0.3, 0.4) is 0 Å². The van der Waals surface area contributed by atoms with Gasteiger partial charge in [-0.25, -0.2) is 5.43 Å². The number of hydrogen-bond acceptors (Lipinski definition) is 3. The van der Waals surface area contributed by atoms with Crippen molar-refractivity contribution in [1.82, 2.24) is 15.6 Å². The molecule has 5 nitrogen and oxygen atoms in total. The van der Waals surface area contributed by atoms with Crippen LogP contribution in [0.2, 0.25) is 0 Å². The molecule has 0 spiro atoms. The van der Waals surface area contributed by atoms with Gasteiger partial charge in [0.15, 0.2) is 5.69 Å². The van der Waals surface area contributed by atoms with Crippen LogP contribution < -0.4 is 5.43 Å². The van der Waals surface area contributed by atoms with Crippen molar-refractivity contribution >= 4 is 33.7 Å². The Balaban J connectivity index is 1.65. The number of hydrogen-bond donors (Lipinski definition) is 2. The van der Waals surface area contributed by atoms with Crippen molar-refractivity contribution in [3.8, 4) is 0 Å². The Hall–Kier alpha value is -3.47. The lowest BCUT2D eigenvalue weighted by atomic mass is 9.92. The van der Waals surface area contributed by atoms with Gasteiger partial charge >= 0.3 is 0 Å². The van der Waals surface area contributed by atoms with Crippen LogP contribution >= 0.6 is 0 Å². The summed E-state index contributed by atoms with van der Waals surface area (Å²) in [6.45, 7) is 6.18. The van der Waals surface area contributed by atoms with Crippen LogP contribution in [0.4, 0.5) is 0 Å². The maximum absolute atomic E-state index is 12.4. The van der Waals surface area contributed by atoms with Crippen molar-refractivity contribution in [2.45, 2.75) is 26.2 Å². The summed E-state index contributed by atoms with van der Waals surface area (Å²) < 4.78 is 0. The molecular weight excluding hydrogens is 348 g/mol. The first-order chi connectivity index (χ1) is 13.4. The zero-order chi connectivity index (χ0) is 19.7. The molecule has 0 saturated carbocycles. The lowest BCUT2D eigenvalue weighted by Crippen LogP contribution is -2.18. The second-order valence-electron chi connectivity index (χ2n) is 7.85. The number of carbonyl (C=O) groups is 1. The first kappa shape index (κ1) is 17.9. The molecule has 1 amide bonds. The van der Waals surface area contributed by atoms with E-state index < -0.39 is 0 Å². The molecule has 140 valence electrons. The minimum absolute atomic E-state index is 0.101. The zero-order valence-corrected chi connectivity index (χ0v) is 16.2. The number of H-pyrrole nitrogens is 1. The van der Waals surface area contributed by atoms with Crippen molar-refractivity contribution < 1.29 is 4.79 Å². The van der Waals surface area contributed by atoms with Gasteiger partial charge in [0.25, 0.3) is 5.91 Å². The van der Waals surface area contributed by atoms with Crippen LogP contribution in [-0.4, -0.2) is 22.3 Å². The number of rotatable bonds is 3. The fraction of sp³-hybridized carbons (Fsp3) is 0.174. The number of amides is 1. The van der Waals surface area contributed by atoms with Gasteiger partial charge in [-0.2, -0.15) is 10.2 Å². The monoisotopic (exact) mass is 370 g/mol. The summed E-state index contributed by atoms with van der Waals surface area (Å²) in [7, 11) is 0. The summed E-state index contributed by atoms with van der Waals surface area (Å²) in [6.07, 6.45) is 1.71. The molecule has 4 aromatic rings. The summed E-state index contributed by atoms with van der Waals surface area (Å²) in [6, 6.07) is 20.3. The Morgan fingerprint density at radius 2 is 1.61 bits per heavy atom. The average molecular weight is 370 g/mol. The van der Waals surface area contributed by atoms with Gasteiger partial charge in [0.05, 0.1) is 6.21 Å². The Morgan fingerprint density at radius 1 is 1.00 bits per heavy atom. The number of fused-ring (bicyclic) bond motifs is 2. The Labute approximate surface area is 163 Å². The number of nitrogens with zero attached hydrogens (tertiary/aromatic N) is 2. The van der Waals surface area contributed by atoms with Gasteiger partial charge < -0.3 is 0 Å². The van der Waals surface area contributed by atoms with E-state index in [-0.39, 0.29) is 11.3 Å². The molecule has 0 fully saturated rings. The molecule has 0 bridgehead atoms. The largest absolute Gasteiger partial charge is 0.291 e. The Kier molecular flexibility index (Phi) is 4.43. The molecule has 0 saturated heterocycles. The van der Waals surface area contributed by atoms with E-state index in [0.29, 0.717) is 5.69 Å². The topological polar surface area (TPSA) is 70.1 Å². The number of hydrazone groups is 1.